The Labute approximate surface area is 171 Å². The standard InChI is InChI=1S/C23H28N2O4/c1-17-6-5-7-19(14-17)27-13-12-25(2)16-22(26)24-18-8-9-20-21(15-18)29-23(28-20)10-3-4-11-23/h5-9,14-15H,3-4,10-13,16H2,1-2H3,(H,24,26). The number of aryl methyl sites for hydroxylation is 1. The van der Waals surface area contributed by atoms with E-state index in [1.807, 2.05) is 61.3 Å². The van der Waals surface area contributed by atoms with E-state index in [1.165, 1.54) is 0 Å². The Hall–Kier alpha value is -2.73. The van der Waals surface area contributed by atoms with Crippen molar-refractivity contribution in [1.29, 1.82) is 0 Å². The molecular weight excluding hydrogens is 368 g/mol. The molecule has 1 aliphatic heterocycles. The van der Waals surface area contributed by atoms with Gasteiger partial charge in [0.1, 0.15) is 12.4 Å². The Morgan fingerprint density at radius 3 is 2.72 bits per heavy atom. The average molecular weight is 396 g/mol. The molecule has 0 atom stereocenters. The summed E-state index contributed by atoms with van der Waals surface area (Å²) in [5.41, 5.74) is 1.88. The summed E-state index contributed by atoms with van der Waals surface area (Å²) in [6.45, 7) is 3.51. The van der Waals surface area contributed by atoms with Crippen LogP contribution in [0.25, 0.3) is 0 Å². The molecule has 2 aromatic rings. The van der Waals surface area contributed by atoms with E-state index in [0.29, 0.717) is 18.9 Å². The van der Waals surface area contributed by atoms with E-state index in [0.717, 1.165) is 48.4 Å². The maximum Gasteiger partial charge on any atom is 0.251 e. The van der Waals surface area contributed by atoms with Gasteiger partial charge in [0.05, 0.1) is 6.54 Å². The first-order chi connectivity index (χ1) is 14.0. The van der Waals surface area contributed by atoms with Crippen molar-refractivity contribution >= 4 is 11.6 Å². The smallest absolute Gasteiger partial charge is 0.251 e. The molecule has 6 heteroatoms. The fourth-order valence-corrected chi connectivity index (χ4v) is 3.84. The number of hydrogen-bond acceptors (Lipinski definition) is 5. The third-order valence-corrected chi connectivity index (χ3v) is 5.33. The molecule has 1 saturated carbocycles. The third-order valence-electron chi connectivity index (χ3n) is 5.33. The van der Waals surface area contributed by atoms with Gasteiger partial charge in [0.2, 0.25) is 5.91 Å². The number of ether oxygens (including phenoxy) is 3. The van der Waals surface area contributed by atoms with Crippen LogP contribution in [0.3, 0.4) is 0 Å². The molecule has 29 heavy (non-hydrogen) atoms. The summed E-state index contributed by atoms with van der Waals surface area (Å²) in [4.78, 5) is 14.3. The lowest BCUT2D eigenvalue weighted by Crippen LogP contribution is -2.34. The molecule has 1 spiro atoms. The fourth-order valence-electron chi connectivity index (χ4n) is 3.84. The van der Waals surface area contributed by atoms with Crippen LogP contribution in [0, 0.1) is 6.92 Å². The average Bonchev–Trinajstić information content (AvgIpc) is 3.27. The van der Waals surface area contributed by atoms with Crippen LogP contribution in [-0.2, 0) is 4.79 Å². The van der Waals surface area contributed by atoms with E-state index >= 15 is 0 Å². The van der Waals surface area contributed by atoms with Gasteiger partial charge >= 0.3 is 0 Å². The molecule has 0 saturated heterocycles. The highest BCUT2D eigenvalue weighted by molar-refractivity contribution is 5.92. The van der Waals surface area contributed by atoms with Crippen LogP contribution in [0.15, 0.2) is 42.5 Å². The van der Waals surface area contributed by atoms with Crippen LogP contribution in [-0.4, -0.2) is 43.3 Å². The minimum Gasteiger partial charge on any atom is -0.492 e. The second-order valence-electron chi connectivity index (χ2n) is 7.93. The molecule has 2 aliphatic rings. The maximum absolute atomic E-state index is 12.4. The highest BCUT2D eigenvalue weighted by atomic mass is 16.7. The van der Waals surface area contributed by atoms with Crippen LogP contribution >= 0.6 is 0 Å². The largest absolute Gasteiger partial charge is 0.492 e. The van der Waals surface area contributed by atoms with Crippen molar-refractivity contribution in [1.82, 2.24) is 4.90 Å². The van der Waals surface area contributed by atoms with Gasteiger partial charge in [-0.05, 0) is 56.6 Å². The molecule has 0 radical (unpaired) electrons. The Bertz CT molecular complexity index is 877. The number of carbonyl (C=O) groups excluding carboxylic acids is 1. The first kappa shape index (κ1) is 19.6. The number of hydrogen-bond donors (Lipinski definition) is 1. The molecule has 0 unspecified atom stereocenters. The van der Waals surface area contributed by atoms with Crippen molar-refractivity contribution in [2.75, 3.05) is 32.1 Å². The first-order valence-corrected chi connectivity index (χ1v) is 10.2. The minimum atomic E-state index is -0.484. The lowest BCUT2D eigenvalue weighted by atomic mass is 10.2. The predicted molar refractivity (Wildman–Crippen MR) is 112 cm³/mol. The van der Waals surface area contributed by atoms with Crippen LogP contribution in [0.4, 0.5) is 5.69 Å². The molecule has 1 aliphatic carbocycles. The van der Waals surface area contributed by atoms with E-state index in [9.17, 15) is 4.79 Å². The molecule has 0 bridgehead atoms. The maximum atomic E-state index is 12.4. The second kappa shape index (κ2) is 8.33. The number of amides is 1. The van der Waals surface area contributed by atoms with Gasteiger partial charge in [-0.15, -0.1) is 0 Å². The number of nitrogens with zero attached hydrogens (tertiary/aromatic N) is 1. The van der Waals surface area contributed by atoms with Crippen LogP contribution in [0.2, 0.25) is 0 Å². The molecule has 154 valence electrons. The van der Waals surface area contributed by atoms with Crippen LogP contribution in [0.1, 0.15) is 31.2 Å². The van der Waals surface area contributed by atoms with Crippen LogP contribution in [0.5, 0.6) is 17.2 Å². The molecule has 1 fully saturated rings. The highest BCUT2D eigenvalue weighted by Gasteiger charge is 2.44. The molecule has 1 N–H and O–H groups in total. The van der Waals surface area contributed by atoms with Crippen molar-refractivity contribution in [3.8, 4) is 17.2 Å². The molecule has 1 heterocycles. The van der Waals surface area contributed by atoms with E-state index in [1.54, 1.807) is 0 Å². The number of benzene rings is 2. The molecular formula is C23H28N2O4. The Balaban J connectivity index is 1.24. The predicted octanol–water partition coefficient (Wildman–Crippen LogP) is 3.99. The van der Waals surface area contributed by atoms with Gasteiger partial charge < -0.3 is 19.5 Å². The van der Waals surface area contributed by atoms with Crippen molar-refractivity contribution < 1.29 is 19.0 Å². The number of anilines is 1. The zero-order chi connectivity index (χ0) is 20.3. The minimum absolute atomic E-state index is 0.0718. The topological polar surface area (TPSA) is 60.0 Å². The molecule has 1 amide bonds. The Morgan fingerprint density at radius 1 is 1.14 bits per heavy atom. The van der Waals surface area contributed by atoms with E-state index in [4.69, 9.17) is 14.2 Å². The number of likely N-dealkylation sites (N-methyl/N-ethyl adjacent to an activating group) is 1. The fraction of sp³-hybridized carbons (Fsp3) is 0.435. The monoisotopic (exact) mass is 396 g/mol. The number of carbonyl (C=O) groups is 1. The summed E-state index contributed by atoms with van der Waals surface area (Å²) in [7, 11) is 1.91. The first-order valence-electron chi connectivity index (χ1n) is 10.2. The van der Waals surface area contributed by atoms with E-state index in [-0.39, 0.29) is 12.5 Å². The summed E-state index contributed by atoms with van der Waals surface area (Å²) in [5, 5.41) is 2.94. The lowest BCUT2D eigenvalue weighted by Gasteiger charge is -2.21. The molecule has 4 rings (SSSR count). The third kappa shape index (κ3) is 4.82. The normalized spacial score (nSPS) is 16.4. The van der Waals surface area contributed by atoms with Gasteiger partial charge in [-0.1, -0.05) is 12.1 Å². The summed E-state index contributed by atoms with van der Waals surface area (Å²) >= 11 is 0. The second-order valence-corrected chi connectivity index (χ2v) is 7.93. The molecule has 6 nitrogen and oxygen atoms in total. The van der Waals surface area contributed by atoms with Crippen molar-refractivity contribution in [2.45, 2.75) is 38.4 Å². The summed E-state index contributed by atoms with van der Waals surface area (Å²) in [6, 6.07) is 13.5. The van der Waals surface area contributed by atoms with Gasteiger partial charge in [-0.25, -0.2) is 0 Å². The zero-order valence-electron chi connectivity index (χ0n) is 17.1. The van der Waals surface area contributed by atoms with Gasteiger partial charge in [-0.3, -0.25) is 9.69 Å². The van der Waals surface area contributed by atoms with Gasteiger partial charge in [0, 0.05) is 31.1 Å². The summed E-state index contributed by atoms with van der Waals surface area (Å²) in [6.07, 6.45) is 4.08. The van der Waals surface area contributed by atoms with Crippen molar-refractivity contribution in [3.63, 3.8) is 0 Å². The quantitative estimate of drug-likeness (QED) is 0.767. The van der Waals surface area contributed by atoms with Crippen LogP contribution < -0.4 is 19.5 Å². The van der Waals surface area contributed by atoms with E-state index in [2.05, 4.69) is 5.32 Å². The Morgan fingerprint density at radius 2 is 1.93 bits per heavy atom. The SMILES string of the molecule is Cc1cccc(OCCN(C)CC(=O)Nc2ccc3c(c2)OC2(CCCC2)O3)c1. The highest BCUT2D eigenvalue weighted by Crippen LogP contribution is 2.47. The van der Waals surface area contributed by atoms with Gasteiger partial charge in [-0.2, -0.15) is 0 Å². The van der Waals surface area contributed by atoms with Crippen molar-refractivity contribution in [2.24, 2.45) is 0 Å². The zero-order valence-corrected chi connectivity index (χ0v) is 17.1. The lowest BCUT2D eigenvalue weighted by molar-refractivity contribution is -0.117. The summed E-state index contributed by atoms with van der Waals surface area (Å²) in [5.74, 6) is 1.77. The van der Waals surface area contributed by atoms with Crippen molar-refractivity contribution in [3.05, 3.63) is 48.0 Å². The molecule has 0 aromatic heterocycles. The summed E-state index contributed by atoms with van der Waals surface area (Å²) < 4.78 is 17.8. The number of rotatable bonds is 7. The van der Waals surface area contributed by atoms with E-state index < -0.39 is 5.79 Å². The molecule has 2 aromatic carbocycles. The van der Waals surface area contributed by atoms with Gasteiger partial charge in [0.25, 0.3) is 5.79 Å². The Kier molecular flexibility index (Phi) is 5.62. The number of fused-ring (bicyclic) bond motifs is 1. The number of nitrogens with one attached hydrogen (secondary N) is 1. The van der Waals surface area contributed by atoms with Gasteiger partial charge in [0.15, 0.2) is 11.5 Å².